The number of likely N-dealkylation sites (N-methyl/N-ethyl adjacent to an activating group) is 1. The summed E-state index contributed by atoms with van der Waals surface area (Å²) in [4.78, 5) is 71.7. The zero-order chi connectivity index (χ0) is 37.2. The summed E-state index contributed by atoms with van der Waals surface area (Å²) in [5.41, 5.74) is 4.05. The molecule has 4 rings (SSSR count). The van der Waals surface area contributed by atoms with Crippen molar-refractivity contribution in [2.45, 2.75) is 78.2 Å². The predicted molar refractivity (Wildman–Crippen MR) is 200 cm³/mol. The van der Waals surface area contributed by atoms with Crippen LogP contribution in [0.5, 0.6) is 0 Å². The Morgan fingerprint density at radius 1 is 0.980 bits per heavy atom. The Morgan fingerprint density at radius 2 is 1.65 bits per heavy atom. The number of hydrogen-bond donors (Lipinski definition) is 5. The number of rotatable bonds is 16. The van der Waals surface area contributed by atoms with Crippen molar-refractivity contribution in [3.05, 3.63) is 80.2 Å². The van der Waals surface area contributed by atoms with E-state index >= 15 is 0 Å². The Kier molecular flexibility index (Phi) is 14.1. The first kappa shape index (κ1) is 39.4. The van der Waals surface area contributed by atoms with Gasteiger partial charge in [-0.15, -0.1) is 11.3 Å². The van der Waals surface area contributed by atoms with Crippen LogP contribution in [-0.2, 0) is 20.7 Å². The molecular weight excluding hydrogens is 738 g/mol. The SMILES string of the molecule is CCNC(=O)[C@@H](NC(=O)[C@H](C)NC[C@H](Cc1cscn1)NC(=O)c1cc(C(=O)N[C@H](C)c2ccc(Br)cc2)cc(N2C(=O)OCC2C)c1)C(C)C. The van der Waals surface area contributed by atoms with Gasteiger partial charge in [0.25, 0.3) is 11.8 Å². The summed E-state index contributed by atoms with van der Waals surface area (Å²) < 4.78 is 6.15. The molecule has 15 heteroatoms. The number of carbonyl (C=O) groups is 5. The van der Waals surface area contributed by atoms with Crippen LogP contribution in [0.2, 0.25) is 0 Å². The molecule has 1 aliphatic heterocycles. The van der Waals surface area contributed by atoms with Crippen LogP contribution in [0.1, 0.15) is 79.6 Å². The molecule has 2 heterocycles. The summed E-state index contributed by atoms with van der Waals surface area (Å²) in [5.74, 6) is -1.64. The average molecular weight is 785 g/mol. The van der Waals surface area contributed by atoms with Gasteiger partial charge in [0, 0.05) is 52.2 Å². The van der Waals surface area contributed by atoms with Crippen molar-refractivity contribution >= 4 is 62.7 Å². The van der Waals surface area contributed by atoms with Gasteiger partial charge in [-0.2, -0.15) is 0 Å². The molecule has 3 aromatic rings. The van der Waals surface area contributed by atoms with Crippen LogP contribution in [0.3, 0.4) is 0 Å². The fourth-order valence-corrected chi connectivity index (χ4v) is 6.38. The molecule has 5 amide bonds. The number of nitrogens with zero attached hydrogens (tertiary/aromatic N) is 2. The van der Waals surface area contributed by atoms with Crippen molar-refractivity contribution in [3.63, 3.8) is 0 Å². The molecule has 0 saturated carbocycles. The number of halogens is 1. The van der Waals surface area contributed by atoms with Gasteiger partial charge in [-0.3, -0.25) is 24.1 Å². The van der Waals surface area contributed by atoms with E-state index in [0.29, 0.717) is 18.7 Å². The van der Waals surface area contributed by atoms with Crippen LogP contribution in [-0.4, -0.2) is 78.6 Å². The Balaban J connectivity index is 1.55. The van der Waals surface area contributed by atoms with Crippen molar-refractivity contribution in [1.29, 1.82) is 0 Å². The minimum absolute atomic E-state index is 0.124. The highest BCUT2D eigenvalue weighted by atomic mass is 79.9. The molecule has 51 heavy (non-hydrogen) atoms. The molecule has 1 aliphatic rings. The quantitative estimate of drug-likeness (QED) is 0.143. The van der Waals surface area contributed by atoms with Gasteiger partial charge in [-0.25, -0.2) is 9.78 Å². The highest BCUT2D eigenvalue weighted by molar-refractivity contribution is 9.10. The smallest absolute Gasteiger partial charge is 0.414 e. The van der Waals surface area contributed by atoms with Crippen molar-refractivity contribution in [2.75, 3.05) is 24.6 Å². The highest BCUT2D eigenvalue weighted by Crippen LogP contribution is 2.27. The lowest BCUT2D eigenvalue weighted by molar-refractivity contribution is -0.130. The third kappa shape index (κ3) is 10.8. The summed E-state index contributed by atoms with van der Waals surface area (Å²) in [7, 11) is 0. The summed E-state index contributed by atoms with van der Waals surface area (Å²) in [5, 5.41) is 16.7. The van der Waals surface area contributed by atoms with Crippen molar-refractivity contribution < 1.29 is 28.7 Å². The normalized spacial score (nSPS) is 16.5. The third-order valence-electron chi connectivity index (χ3n) is 8.46. The fraction of sp³-hybridized carbons (Fsp3) is 0.444. The first-order chi connectivity index (χ1) is 24.3. The monoisotopic (exact) mass is 783 g/mol. The Hall–Kier alpha value is -4.34. The van der Waals surface area contributed by atoms with E-state index in [2.05, 4.69) is 47.5 Å². The largest absolute Gasteiger partial charge is 0.447 e. The molecule has 13 nitrogen and oxygen atoms in total. The second-order valence-electron chi connectivity index (χ2n) is 12.9. The van der Waals surface area contributed by atoms with Crippen LogP contribution in [0.15, 0.2) is 57.8 Å². The number of thiazole rings is 1. The topological polar surface area (TPSA) is 171 Å². The van der Waals surface area contributed by atoms with Gasteiger partial charge in [0.2, 0.25) is 11.8 Å². The number of amides is 5. The zero-order valence-corrected chi connectivity index (χ0v) is 32.0. The fourth-order valence-electron chi connectivity index (χ4n) is 5.55. The van der Waals surface area contributed by atoms with E-state index < -0.39 is 36.0 Å². The molecule has 0 radical (unpaired) electrons. The Labute approximate surface area is 310 Å². The molecule has 274 valence electrons. The van der Waals surface area contributed by atoms with E-state index in [4.69, 9.17) is 4.74 Å². The van der Waals surface area contributed by atoms with E-state index in [-0.39, 0.29) is 54.1 Å². The standard InChI is InChI=1S/C36H46BrN7O6S/c1-7-38-35(48)31(20(2)3)43-32(45)23(6)39-16-28(15-29-18-51-19-40-29)42-34(47)26-12-25(13-30(14-26)44-21(4)17-50-36(44)49)33(46)41-22(5)24-8-10-27(37)11-9-24/h8-14,18-23,28,31,39H,7,15-17H2,1-6H3,(H,38,48)(H,41,46)(H,42,47)(H,43,45)/t21?,22-,23+,28+,31+/m1/s1. The molecule has 1 saturated heterocycles. The maximum atomic E-state index is 13.9. The number of hydrogen-bond acceptors (Lipinski definition) is 9. The van der Waals surface area contributed by atoms with Crippen LogP contribution in [0.25, 0.3) is 0 Å². The van der Waals surface area contributed by atoms with Crippen molar-refractivity contribution in [2.24, 2.45) is 5.92 Å². The predicted octanol–water partition coefficient (Wildman–Crippen LogP) is 4.34. The van der Waals surface area contributed by atoms with Crippen LogP contribution < -0.4 is 31.5 Å². The van der Waals surface area contributed by atoms with Gasteiger partial charge < -0.3 is 31.3 Å². The molecule has 1 unspecified atom stereocenters. The highest BCUT2D eigenvalue weighted by Gasteiger charge is 2.33. The summed E-state index contributed by atoms with van der Waals surface area (Å²) in [6.07, 6.45) is -0.212. The van der Waals surface area contributed by atoms with Gasteiger partial charge >= 0.3 is 6.09 Å². The summed E-state index contributed by atoms with van der Waals surface area (Å²) in [6, 6.07) is 9.64. The molecular formula is C36H46BrN7O6S. The number of cyclic esters (lactones) is 1. The summed E-state index contributed by atoms with van der Waals surface area (Å²) >= 11 is 4.85. The Morgan fingerprint density at radius 3 is 2.22 bits per heavy atom. The van der Waals surface area contributed by atoms with Crippen molar-refractivity contribution in [3.8, 4) is 0 Å². The van der Waals surface area contributed by atoms with Gasteiger partial charge in [-0.1, -0.05) is 41.9 Å². The van der Waals surface area contributed by atoms with Crippen LogP contribution in [0, 0.1) is 5.92 Å². The lowest BCUT2D eigenvalue weighted by atomic mass is 10.0. The molecule has 0 aliphatic carbocycles. The molecule has 0 spiro atoms. The lowest BCUT2D eigenvalue weighted by Gasteiger charge is -2.25. The van der Waals surface area contributed by atoms with Gasteiger partial charge in [-0.05, 0) is 69.5 Å². The molecule has 5 N–H and O–H groups in total. The second-order valence-corrected chi connectivity index (χ2v) is 14.6. The number of aromatic nitrogens is 1. The zero-order valence-electron chi connectivity index (χ0n) is 29.6. The maximum absolute atomic E-state index is 13.9. The first-order valence-corrected chi connectivity index (χ1v) is 18.7. The minimum atomic E-state index is -0.695. The van der Waals surface area contributed by atoms with Gasteiger partial charge in [0.1, 0.15) is 12.6 Å². The van der Waals surface area contributed by atoms with Crippen LogP contribution in [0.4, 0.5) is 10.5 Å². The van der Waals surface area contributed by atoms with Gasteiger partial charge in [0.05, 0.1) is 29.3 Å². The maximum Gasteiger partial charge on any atom is 0.414 e. The Bertz CT molecular complexity index is 1690. The van der Waals surface area contributed by atoms with Gasteiger partial charge in [0.15, 0.2) is 0 Å². The van der Waals surface area contributed by atoms with E-state index in [9.17, 15) is 24.0 Å². The molecule has 1 aromatic heterocycles. The molecule has 0 bridgehead atoms. The average Bonchev–Trinajstić information content (AvgIpc) is 3.73. The van der Waals surface area contributed by atoms with Crippen LogP contribution >= 0.6 is 27.3 Å². The lowest BCUT2D eigenvalue weighted by Crippen LogP contribution is -2.55. The number of nitrogens with one attached hydrogen (secondary N) is 5. The number of ether oxygens (including phenoxy) is 1. The van der Waals surface area contributed by atoms with E-state index in [0.717, 1.165) is 15.7 Å². The molecule has 1 fully saturated rings. The van der Waals surface area contributed by atoms with E-state index in [1.165, 1.54) is 22.3 Å². The van der Waals surface area contributed by atoms with Crippen molar-refractivity contribution in [1.82, 2.24) is 31.6 Å². The minimum Gasteiger partial charge on any atom is -0.447 e. The number of anilines is 1. The molecule has 2 aromatic carbocycles. The third-order valence-corrected chi connectivity index (χ3v) is 9.62. The summed E-state index contributed by atoms with van der Waals surface area (Å²) in [6.45, 7) is 11.7. The molecule has 5 atom stereocenters. The number of carbonyl (C=O) groups excluding carboxylic acids is 5. The second kappa shape index (κ2) is 18.2. The van der Waals surface area contributed by atoms with E-state index in [1.54, 1.807) is 24.6 Å². The first-order valence-electron chi connectivity index (χ1n) is 16.9. The number of benzene rings is 2. The van der Waals surface area contributed by atoms with E-state index in [1.807, 2.05) is 64.3 Å².